The number of hydrogen-bond donors (Lipinski definition) is 1. The number of rotatable bonds is 8. The van der Waals surface area contributed by atoms with Gasteiger partial charge in [-0.05, 0) is 55.5 Å². The SMILES string of the molecule is COc1cc(C(=O)Nc2ccc(Oc3cc(-n4cccc4)nc(C)n3)cc2)cc(OC)c1OC. The van der Waals surface area contributed by atoms with E-state index in [1.54, 1.807) is 42.5 Å². The first-order valence-electron chi connectivity index (χ1n) is 10.4. The van der Waals surface area contributed by atoms with Crippen LogP contribution in [0.5, 0.6) is 28.9 Å². The molecule has 0 saturated heterocycles. The van der Waals surface area contributed by atoms with Gasteiger partial charge >= 0.3 is 0 Å². The Bertz CT molecular complexity index is 1260. The molecule has 2 aromatic heterocycles. The molecule has 0 aliphatic rings. The first kappa shape index (κ1) is 22.7. The molecule has 1 amide bonds. The highest BCUT2D eigenvalue weighted by Crippen LogP contribution is 2.38. The van der Waals surface area contributed by atoms with Gasteiger partial charge in [0.1, 0.15) is 17.4 Å². The Morgan fingerprint density at radius 3 is 2.12 bits per heavy atom. The Labute approximate surface area is 196 Å². The molecule has 0 radical (unpaired) electrons. The van der Waals surface area contributed by atoms with E-state index in [0.29, 0.717) is 51.8 Å². The molecular weight excluding hydrogens is 436 g/mol. The van der Waals surface area contributed by atoms with Crippen LogP contribution in [0.2, 0.25) is 0 Å². The fourth-order valence-corrected chi connectivity index (χ4v) is 3.34. The van der Waals surface area contributed by atoms with Crippen LogP contribution in [0.1, 0.15) is 16.2 Å². The standard InChI is InChI=1S/C25H24N4O5/c1-16-26-22(29-11-5-6-12-29)15-23(27-16)34-19-9-7-18(8-10-19)28-25(30)17-13-20(31-2)24(33-4)21(14-17)32-3/h5-15H,1-4H3,(H,28,30). The van der Waals surface area contributed by atoms with Gasteiger partial charge < -0.3 is 28.8 Å². The van der Waals surface area contributed by atoms with E-state index in [-0.39, 0.29) is 5.91 Å². The molecule has 0 fully saturated rings. The van der Waals surface area contributed by atoms with Crippen LogP contribution in [0, 0.1) is 6.92 Å². The van der Waals surface area contributed by atoms with Crippen LogP contribution in [-0.2, 0) is 0 Å². The summed E-state index contributed by atoms with van der Waals surface area (Å²) >= 11 is 0. The van der Waals surface area contributed by atoms with Gasteiger partial charge in [0.2, 0.25) is 11.6 Å². The van der Waals surface area contributed by atoms with Gasteiger partial charge in [-0.2, -0.15) is 4.98 Å². The number of carbonyl (C=O) groups is 1. The first-order valence-corrected chi connectivity index (χ1v) is 10.4. The zero-order valence-electron chi connectivity index (χ0n) is 19.2. The van der Waals surface area contributed by atoms with Gasteiger partial charge in [-0.3, -0.25) is 4.79 Å². The smallest absolute Gasteiger partial charge is 0.255 e. The minimum absolute atomic E-state index is 0.323. The van der Waals surface area contributed by atoms with Crippen LogP contribution in [0.25, 0.3) is 5.82 Å². The number of nitrogens with one attached hydrogen (secondary N) is 1. The number of benzene rings is 2. The number of carbonyl (C=O) groups excluding carboxylic acids is 1. The van der Waals surface area contributed by atoms with E-state index < -0.39 is 0 Å². The summed E-state index contributed by atoms with van der Waals surface area (Å²) in [6.07, 6.45) is 3.80. The minimum atomic E-state index is -0.323. The Morgan fingerprint density at radius 2 is 1.53 bits per heavy atom. The van der Waals surface area contributed by atoms with Gasteiger partial charge in [0.25, 0.3) is 5.91 Å². The number of nitrogens with zero attached hydrogens (tertiary/aromatic N) is 3. The van der Waals surface area contributed by atoms with Crippen molar-refractivity contribution >= 4 is 11.6 Å². The van der Waals surface area contributed by atoms with E-state index in [4.69, 9.17) is 18.9 Å². The van der Waals surface area contributed by atoms with Crippen molar-refractivity contribution in [1.82, 2.24) is 14.5 Å². The van der Waals surface area contributed by atoms with E-state index in [1.165, 1.54) is 21.3 Å². The summed E-state index contributed by atoms with van der Waals surface area (Å²) in [6, 6.07) is 15.8. The van der Waals surface area contributed by atoms with Crippen molar-refractivity contribution in [2.24, 2.45) is 0 Å². The summed E-state index contributed by atoms with van der Waals surface area (Å²) in [7, 11) is 4.50. The lowest BCUT2D eigenvalue weighted by molar-refractivity contribution is 0.102. The maximum atomic E-state index is 12.8. The Morgan fingerprint density at radius 1 is 0.882 bits per heavy atom. The van der Waals surface area contributed by atoms with Crippen molar-refractivity contribution in [3.63, 3.8) is 0 Å². The largest absolute Gasteiger partial charge is 0.493 e. The highest BCUT2D eigenvalue weighted by Gasteiger charge is 2.17. The van der Waals surface area contributed by atoms with Crippen molar-refractivity contribution in [2.45, 2.75) is 6.92 Å². The molecule has 0 unspecified atom stereocenters. The third kappa shape index (κ3) is 4.93. The average Bonchev–Trinajstić information content (AvgIpc) is 3.39. The Balaban J connectivity index is 1.48. The third-order valence-electron chi connectivity index (χ3n) is 4.93. The summed E-state index contributed by atoms with van der Waals surface area (Å²) in [4.78, 5) is 21.6. The van der Waals surface area contributed by atoms with E-state index in [1.807, 2.05) is 36.0 Å². The summed E-state index contributed by atoms with van der Waals surface area (Å²) in [5.41, 5.74) is 0.960. The minimum Gasteiger partial charge on any atom is -0.493 e. The third-order valence-corrected chi connectivity index (χ3v) is 4.93. The molecule has 2 aromatic carbocycles. The summed E-state index contributed by atoms with van der Waals surface area (Å²) in [6.45, 7) is 1.81. The van der Waals surface area contributed by atoms with E-state index in [2.05, 4.69) is 15.3 Å². The second kappa shape index (κ2) is 9.95. The lowest BCUT2D eigenvalue weighted by Gasteiger charge is -2.14. The van der Waals surface area contributed by atoms with Crippen LogP contribution < -0.4 is 24.3 Å². The van der Waals surface area contributed by atoms with Gasteiger partial charge in [-0.15, -0.1) is 0 Å². The van der Waals surface area contributed by atoms with Gasteiger partial charge in [0.15, 0.2) is 11.5 Å². The topological polar surface area (TPSA) is 96.7 Å². The molecule has 4 rings (SSSR count). The molecule has 1 N–H and O–H groups in total. The summed E-state index contributed by atoms with van der Waals surface area (Å²) in [5.74, 6) is 3.19. The van der Waals surface area contributed by atoms with Crippen molar-refractivity contribution in [3.05, 3.63) is 78.4 Å². The van der Waals surface area contributed by atoms with Crippen molar-refractivity contribution in [3.8, 4) is 34.7 Å². The van der Waals surface area contributed by atoms with E-state index in [0.717, 1.165) is 0 Å². The molecule has 34 heavy (non-hydrogen) atoms. The lowest BCUT2D eigenvalue weighted by atomic mass is 10.1. The molecule has 9 heteroatoms. The fourth-order valence-electron chi connectivity index (χ4n) is 3.34. The van der Waals surface area contributed by atoms with E-state index in [9.17, 15) is 4.79 Å². The molecule has 0 aliphatic carbocycles. The lowest BCUT2D eigenvalue weighted by Crippen LogP contribution is -2.12. The molecule has 4 aromatic rings. The van der Waals surface area contributed by atoms with Crippen LogP contribution in [0.15, 0.2) is 67.0 Å². The normalized spacial score (nSPS) is 10.5. The van der Waals surface area contributed by atoms with Crippen molar-refractivity contribution in [1.29, 1.82) is 0 Å². The molecule has 0 aliphatic heterocycles. The second-order valence-corrected chi connectivity index (χ2v) is 7.20. The van der Waals surface area contributed by atoms with Crippen molar-refractivity contribution < 1.29 is 23.7 Å². The van der Waals surface area contributed by atoms with Gasteiger partial charge in [0, 0.05) is 29.7 Å². The number of anilines is 1. The molecule has 9 nitrogen and oxygen atoms in total. The number of aromatic nitrogens is 3. The molecular formula is C25H24N4O5. The summed E-state index contributed by atoms with van der Waals surface area (Å²) in [5, 5.41) is 2.85. The molecule has 0 spiro atoms. The average molecular weight is 460 g/mol. The zero-order chi connectivity index (χ0) is 24.1. The number of hydrogen-bond acceptors (Lipinski definition) is 7. The fraction of sp³-hybridized carbons (Fsp3) is 0.160. The van der Waals surface area contributed by atoms with Crippen molar-refractivity contribution in [2.75, 3.05) is 26.6 Å². The van der Waals surface area contributed by atoms with Crippen LogP contribution in [0.3, 0.4) is 0 Å². The predicted molar refractivity (Wildman–Crippen MR) is 127 cm³/mol. The molecule has 2 heterocycles. The van der Waals surface area contributed by atoms with Crippen LogP contribution in [0.4, 0.5) is 5.69 Å². The first-order chi connectivity index (χ1) is 16.5. The van der Waals surface area contributed by atoms with Gasteiger partial charge in [-0.1, -0.05) is 0 Å². The van der Waals surface area contributed by atoms with Gasteiger partial charge in [0.05, 0.1) is 21.3 Å². The maximum absolute atomic E-state index is 12.8. The molecule has 0 saturated carbocycles. The summed E-state index contributed by atoms with van der Waals surface area (Å²) < 4.78 is 23.7. The number of aryl methyl sites for hydroxylation is 1. The molecule has 174 valence electrons. The second-order valence-electron chi connectivity index (χ2n) is 7.20. The Hall–Kier alpha value is -4.53. The molecule has 0 bridgehead atoms. The monoisotopic (exact) mass is 460 g/mol. The predicted octanol–water partition coefficient (Wildman–Crippen LogP) is 4.65. The van der Waals surface area contributed by atoms with Crippen LogP contribution in [-0.4, -0.2) is 41.8 Å². The number of ether oxygens (including phenoxy) is 4. The number of amides is 1. The van der Waals surface area contributed by atoms with Crippen LogP contribution >= 0.6 is 0 Å². The molecule has 0 atom stereocenters. The zero-order valence-corrected chi connectivity index (χ0v) is 19.2. The highest BCUT2D eigenvalue weighted by atomic mass is 16.5. The Kier molecular flexibility index (Phi) is 6.63. The maximum Gasteiger partial charge on any atom is 0.255 e. The van der Waals surface area contributed by atoms with Gasteiger partial charge in [-0.25, -0.2) is 4.98 Å². The highest BCUT2D eigenvalue weighted by molar-refractivity contribution is 6.05. The quantitative estimate of drug-likeness (QED) is 0.409. The van der Waals surface area contributed by atoms with E-state index >= 15 is 0 Å². The number of methoxy groups -OCH3 is 3.